The van der Waals surface area contributed by atoms with Gasteiger partial charge in [0.2, 0.25) is 17.7 Å². The normalized spacial score (nSPS) is 18.5. The van der Waals surface area contributed by atoms with Gasteiger partial charge in [0.05, 0.1) is 12.4 Å². The first-order valence-electron chi connectivity index (χ1n) is 11.4. The van der Waals surface area contributed by atoms with E-state index in [4.69, 9.17) is 0 Å². The molecule has 1 saturated heterocycles. The average Bonchev–Trinajstić information content (AvgIpc) is 3.44. The van der Waals surface area contributed by atoms with Gasteiger partial charge in [0.15, 0.2) is 0 Å². The maximum absolute atomic E-state index is 13.2. The number of amides is 3. The zero-order valence-electron chi connectivity index (χ0n) is 19.7. The third kappa shape index (κ3) is 8.16. The summed E-state index contributed by atoms with van der Waals surface area (Å²) in [6.07, 6.45) is 5.06. The number of H-pyrrole nitrogens is 1. The SMILES string of the molecule is CC(C)CC(NC(=O)C(NC(=O)C(Cc1cnc[nH]1)NC(=O)C1CCCN1)C(C)C)C(=O)O. The molecular weight excluding hydrogens is 428 g/mol. The zero-order chi connectivity index (χ0) is 24.5. The molecule has 0 saturated carbocycles. The fourth-order valence-electron chi connectivity index (χ4n) is 3.75. The van der Waals surface area contributed by atoms with Gasteiger partial charge in [0.1, 0.15) is 18.1 Å². The number of hydrogen-bond acceptors (Lipinski definition) is 6. The summed E-state index contributed by atoms with van der Waals surface area (Å²) >= 11 is 0. The van der Waals surface area contributed by atoms with Crippen LogP contribution in [-0.2, 0) is 25.6 Å². The van der Waals surface area contributed by atoms with E-state index in [9.17, 15) is 24.3 Å². The molecule has 0 bridgehead atoms. The van der Waals surface area contributed by atoms with Crippen molar-refractivity contribution in [1.82, 2.24) is 31.2 Å². The van der Waals surface area contributed by atoms with E-state index in [0.29, 0.717) is 12.1 Å². The van der Waals surface area contributed by atoms with Crippen LogP contribution >= 0.6 is 0 Å². The molecule has 1 aliphatic heterocycles. The number of carbonyl (C=O) groups is 4. The molecule has 6 N–H and O–H groups in total. The number of aromatic amines is 1. The monoisotopic (exact) mass is 464 g/mol. The number of hydrogen-bond donors (Lipinski definition) is 6. The van der Waals surface area contributed by atoms with Crippen LogP contribution in [0.2, 0.25) is 0 Å². The molecular formula is C22H36N6O5. The Balaban J connectivity index is 2.12. The molecule has 4 unspecified atom stereocenters. The molecule has 11 heteroatoms. The summed E-state index contributed by atoms with van der Waals surface area (Å²) in [5, 5.41) is 20.6. The molecule has 2 rings (SSSR count). The number of aliphatic carboxylic acids is 1. The van der Waals surface area contributed by atoms with Crippen LogP contribution in [-0.4, -0.2) is 69.5 Å². The summed E-state index contributed by atoms with van der Waals surface area (Å²) in [6, 6.07) is -3.30. The smallest absolute Gasteiger partial charge is 0.326 e. The second kappa shape index (κ2) is 12.3. The number of carboxylic acids is 1. The molecule has 184 valence electrons. The lowest BCUT2D eigenvalue weighted by Gasteiger charge is -2.27. The summed E-state index contributed by atoms with van der Waals surface area (Å²) in [6.45, 7) is 7.99. The van der Waals surface area contributed by atoms with Gasteiger partial charge in [-0.3, -0.25) is 14.4 Å². The Morgan fingerprint density at radius 1 is 1.09 bits per heavy atom. The first-order chi connectivity index (χ1) is 15.6. The lowest BCUT2D eigenvalue weighted by atomic mass is 9.99. The minimum atomic E-state index is -1.13. The maximum Gasteiger partial charge on any atom is 0.326 e. The molecule has 0 aromatic carbocycles. The van der Waals surface area contributed by atoms with Crippen molar-refractivity contribution in [3.63, 3.8) is 0 Å². The van der Waals surface area contributed by atoms with Gasteiger partial charge in [-0.2, -0.15) is 0 Å². The molecule has 1 aromatic heterocycles. The Hall–Kier alpha value is -2.95. The lowest BCUT2D eigenvalue weighted by Crippen LogP contribution is -2.59. The van der Waals surface area contributed by atoms with Crippen molar-refractivity contribution in [2.75, 3.05) is 6.54 Å². The van der Waals surface area contributed by atoms with Gasteiger partial charge in [0.25, 0.3) is 0 Å². The van der Waals surface area contributed by atoms with Crippen LogP contribution in [0.5, 0.6) is 0 Å². The highest BCUT2D eigenvalue weighted by atomic mass is 16.4. The highest BCUT2D eigenvalue weighted by Crippen LogP contribution is 2.10. The topological polar surface area (TPSA) is 165 Å². The van der Waals surface area contributed by atoms with Crippen LogP contribution < -0.4 is 21.3 Å². The zero-order valence-corrected chi connectivity index (χ0v) is 19.7. The van der Waals surface area contributed by atoms with Gasteiger partial charge < -0.3 is 31.4 Å². The number of rotatable bonds is 12. The summed E-state index contributed by atoms with van der Waals surface area (Å²) in [5.74, 6) is -2.74. The molecule has 1 aliphatic rings. The second-order valence-corrected chi connectivity index (χ2v) is 9.25. The Labute approximate surface area is 193 Å². The molecule has 0 spiro atoms. The summed E-state index contributed by atoms with van der Waals surface area (Å²) in [5.41, 5.74) is 0.656. The third-order valence-corrected chi connectivity index (χ3v) is 5.56. The van der Waals surface area contributed by atoms with Gasteiger partial charge in [-0.05, 0) is 37.6 Å². The van der Waals surface area contributed by atoms with E-state index in [1.54, 1.807) is 20.0 Å². The van der Waals surface area contributed by atoms with Gasteiger partial charge in [0, 0.05) is 18.3 Å². The van der Waals surface area contributed by atoms with Crippen LogP contribution in [0.3, 0.4) is 0 Å². The van der Waals surface area contributed by atoms with Crippen LogP contribution in [0.25, 0.3) is 0 Å². The Morgan fingerprint density at radius 3 is 2.33 bits per heavy atom. The van der Waals surface area contributed by atoms with E-state index in [2.05, 4.69) is 31.2 Å². The Morgan fingerprint density at radius 2 is 1.82 bits per heavy atom. The largest absolute Gasteiger partial charge is 0.480 e. The van der Waals surface area contributed by atoms with Gasteiger partial charge in [-0.25, -0.2) is 9.78 Å². The minimum absolute atomic E-state index is 0.0664. The van der Waals surface area contributed by atoms with Crippen molar-refractivity contribution in [3.05, 3.63) is 18.2 Å². The van der Waals surface area contributed by atoms with E-state index in [1.807, 2.05) is 13.8 Å². The molecule has 2 heterocycles. The van der Waals surface area contributed by atoms with Crippen molar-refractivity contribution < 1.29 is 24.3 Å². The summed E-state index contributed by atoms with van der Waals surface area (Å²) in [4.78, 5) is 57.1. The molecule has 1 fully saturated rings. The number of aromatic nitrogens is 2. The van der Waals surface area contributed by atoms with Gasteiger partial charge >= 0.3 is 5.97 Å². The first-order valence-corrected chi connectivity index (χ1v) is 11.4. The molecule has 0 radical (unpaired) electrons. The van der Waals surface area contributed by atoms with Crippen LogP contribution in [0.4, 0.5) is 0 Å². The Bertz CT molecular complexity index is 804. The maximum atomic E-state index is 13.2. The van der Waals surface area contributed by atoms with Crippen molar-refractivity contribution in [3.8, 4) is 0 Å². The highest BCUT2D eigenvalue weighted by molar-refractivity contribution is 5.94. The van der Waals surface area contributed by atoms with Gasteiger partial charge in [-0.15, -0.1) is 0 Å². The number of nitrogens with one attached hydrogen (secondary N) is 5. The third-order valence-electron chi connectivity index (χ3n) is 5.56. The van der Waals surface area contributed by atoms with Crippen molar-refractivity contribution >= 4 is 23.7 Å². The fourth-order valence-corrected chi connectivity index (χ4v) is 3.75. The number of nitrogens with zero attached hydrogens (tertiary/aromatic N) is 1. The fraction of sp³-hybridized carbons (Fsp3) is 0.682. The average molecular weight is 465 g/mol. The predicted octanol–water partition coefficient (Wildman–Crippen LogP) is -0.0547. The lowest BCUT2D eigenvalue weighted by molar-refractivity contribution is -0.143. The number of carboxylic acid groups (broad SMARTS) is 1. The minimum Gasteiger partial charge on any atom is -0.480 e. The summed E-state index contributed by atoms with van der Waals surface area (Å²) in [7, 11) is 0. The highest BCUT2D eigenvalue weighted by Gasteiger charge is 2.33. The molecule has 11 nitrogen and oxygen atoms in total. The predicted molar refractivity (Wildman–Crippen MR) is 121 cm³/mol. The second-order valence-electron chi connectivity index (χ2n) is 9.25. The molecule has 0 aliphatic carbocycles. The molecule has 1 aromatic rings. The quantitative estimate of drug-likeness (QED) is 0.252. The van der Waals surface area contributed by atoms with E-state index in [1.165, 1.54) is 6.33 Å². The van der Waals surface area contributed by atoms with E-state index in [0.717, 1.165) is 13.0 Å². The van der Waals surface area contributed by atoms with Crippen LogP contribution in [0.1, 0.15) is 52.7 Å². The van der Waals surface area contributed by atoms with E-state index >= 15 is 0 Å². The molecule has 3 amide bonds. The van der Waals surface area contributed by atoms with Gasteiger partial charge in [-0.1, -0.05) is 27.7 Å². The van der Waals surface area contributed by atoms with Crippen molar-refractivity contribution in [2.24, 2.45) is 11.8 Å². The van der Waals surface area contributed by atoms with Crippen LogP contribution in [0, 0.1) is 11.8 Å². The number of carbonyl (C=O) groups excluding carboxylic acids is 3. The molecule has 33 heavy (non-hydrogen) atoms. The molecule has 4 atom stereocenters. The number of imidazole rings is 1. The Kier molecular flexibility index (Phi) is 9.83. The standard InChI is InChI=1S/C22H36N6O5/c1-12(2)8-17(22(32)33)27-21(31)18(13(3)4)28-20(30)16(9-14-10-23-11-25-14)26-19(29)15-6-5-7-24-15/h10-13,15-18,24H,5-9H2,1-4H3,(H,23,25)(H,26,29)(H,27,31)(H,28,30)(H,32,33). The first kappa shape index (κ1) is 26.3. The van der Waals surface area contributed by atoms with E-state index < -0.39 is 35.9 Å². The summed E-state index contributed by atoms with van der Waals surface area (Å²) < 4.78 is 0. The van der Waals surface area contributed by atoms with Crippen molar-refractivity contribution in [2.45, 2.75) is 77.5 Å². The van der Waals surface area contributed by atoms with E-state index in [-0.39, 0.29) is 36.6 Å². The van der Waals surface area contributed by atoms with Crippen molar-refractivity contribution in [1.29, 1.82) is 0 Å². The van der Waals surface area contributed by atoms with Crippen LogP contribution in [0.15, 0.2) is 12.5 Å².